The summed E-state index contributed by atoms with van der Waals surface area (Å²) in [5, 5.41) is 0. The molecule has 0 radical (unpaired) electrons. The number of allylic oxidation sites excluding steroid dienone is 14. The lowest BCUT2D eigenvalue weighted by atomic mass is 10.0. The lowest BCUT2D eigenvalue weighted by molar-refractivity contribution is -0.167. The van der Waals surface area contributed by atoms with Gasteiger partial charge in [0.2, 0.25) is 0 Å². The number of hydrogen-bond donors (Lipinski definition) is 0. The number of hydrogen-bond acceptors (Lipinski definition) is 6. The Kier molecular flexibility index (Phi) is 64.2. The second-order valence-corrected chi connectivity index (χ2v) is 22.7. The van der Waals surface area contributed by atoms with E-state index in [0.29, 0.717) is 19.3 Å². The van der Waals surface area contributed by atoms with Gasteiger partial charge in [0.15, 0.2) is 6.10 Å². The van der Waals surface area contributed by atoms with Gasteiger partial charge in [-0.2, -0.15) is 0 Å². The van der Waals surface area contributed by atoms with Gasteiger partial charge in [-0.05, 0) is 96.3 Å². The number of carbonyl (C=O) groups excluding carboxylic acids is 3. The second kappa shape index (κ2) is 67.1. The molecule has 456 valence electrons. The number of rotatable bonds is 62. The standard InChI is InChI=1S/C73H128O6/c1-4-7-10-13-16-19-22-25-27-29-30-31-32-33-34-35-36-37-38-39-40-41-42-44-45-48-51-54-57-60-63-66-72(75)78-69-70(68-77-71(74)65-62-59-56-53-50-47-24-21-18-15-12-9-6-3)79-73(76)67-64-61-58-55-52-49-46-43-28-26-23-20-17-14-11-8-5-2/h8,11,17,20,22,25-26,28-30,32-33,46,49,70H,4-7,9-10,12-16,18-19,21,23-24,27,31,34-45,47-48,50-69H2,1-3H3/b11-8-,20-17-,25-22-,28-26-,30-29-,33-32-,49-46-. The Balaban J connectivity index is 4.21. The molecule has 0 aliphatic heterocycles. The second-order valence-electron chi connectivity index (χ2n) is 22.7. The van der Waals surface area contributed by atoms with Crippen LogP contribution in [0.2, 0.25) is 0 Å². The van der Waals surface area contributed by atoms with E-state index in [-0.39, 0.29) is 31.1 Å². The molecule has 79 heavy (non-hydrogen) atoms. The van der Waals surface area contributed by atoms with Gasteiger partial charge in [0.05, 0.1) is 0 Å². The SMILES string of the molecule is CC/C=C\C/C=C\C/C=C\C/C=C\CCCCCCC(=O)OC(COC(=O)CCCCCCCCCCCCCCC)COC(=O)CCCCCCCCCCCCCCCCCC/C=C\C/C=C\C/C=C\CCCCCCC. The molecule has 0 N–H and O–H groups in total. The highest BCUT2D eigenvalue weighted by molar-refractivity contribution is 5.71. The first-order valence-corrected chi connectivity index (χ1v) is 34.1. The fraction of sp³-hybridized carbons (Fsp3) is 0.767. The third-order valence-electron chi connectivity index (χ3n) is 14.9. The van der Waals surface area contributed by atoms with Crippen molar-refractivity contribution in [3.05, 3.63) is 85.1 Å². The van der Waals surface area contributed by atoms with Gasteiger partial charge >= 0.3 is 17.9 Å². The van der Waals surface area contributed by atoms with Gasteiger partial charge in [-0.25, -0.2) is 0 Å². The van der Waals surface area contributed by atoms with E-state index in [0.717, 1.165) is 109 Å². The van der Waals surface area contributed by atoms with E-state index in [9.17, 15) is 14.4 Å². The van der Waals surface area contributed by atoms with Gasteiger partial charge in [0.25, 0.3) is 0 Å². The molecule has 1 atom stereocenters. The molecule has 0 fully saturated rings. The fourth-order valence-electron chi connectivity index (χ4n) is 9.80. The minimum Gasteiger partial charge on any atom is -0.462 e. The van der Waals surface area contributed by atoms with E-state index < -0.39 is 6.10 Å². The van der Waals surface area contributed by atoms with Gasteiger partial charge in [-0.1, -0.05) is 311 Å². The minimum absolute atomic E-state index is 0.0826. The van der Waals surface area contributed by atoms with E-state index in [2.05, 4.69) is 106 Å². The monoisotopic (exact) mass is 1100 g/mol. The first-order chi connectivity index (χ1) is 39.0. The fourth-order valence-corrected chi connectivity index (χ4v) is 9.80. The summed E-state index contributed by atoms with van der Waals surface area (Å²) in [6, 6.07) is 0. The van der Waals surface area contributed by atoms with Crippen LogP contribution in [-0.4, -0.2) is 37.2 Å². The van der Waals surface area contributed by atoms with Crippen molar-refractivity contribution in [1.29, 1.82) is 0 Å². The summed E-state index contributed by atoms with van der Waals surface area (Å²) < 4.78 is 16.9. The number of esters is 3. The number of carbonyl (C=O) groups is 3. The predicted octanol–water partition coefficient (Wildman–Crippen LogP) is 23.4. The summed E-state index contributed by atoms with van der Waals surface area (Å²) in [4.78, 5) is 38.3. The Hall–Kier alpha value is -3.41. The highest BCUT2D eigenvalue weighted by atomic mass is 16.6. The van der Waals surface area contributed by atoms with Crippen molar-refractivity contribution >= 4 is 17.9 Å². The molecule has 0 spiro atoms. The normalized spacial score (nSPS) is 12.6. The molecule has 0 aromatic rings. The van der Waals surface area contributed by atoms with E-state index in [1.165, 1.54) is 193 Å². The quantitative estimate of drug-likeness (QED) is 0.0261. The molecular formula is C73H128O6. The predicted molar refractivity (Wildman–Crippen MR) is 344 cm³/mol. The van der Waals surface area contributed by atoms with Crippen LogP contribution in [0.25, 0.3) is 0 Å². The molecule has 6 heteroatoms. The summed E-state index contributed by atoms with van der Waals surface area (Å²) >= 11 is 0. The van der Waals surface area contributed by atoms with Crippen LogP contribution in [-0.2, 0) is 28.6 Å². The zero-order valence-corrected chi connectivity index (χ0v) is 52.4. The van der Waals surface area contributed by atoms with Crippen LogP contribution in [0.3, 0.4) is 0 Å². The third-order valence-corrected chi connectivity index (χ3v) is 14.9. The molecule has 0 aromatic carbocycles. The van der Waals surface area contributed by atoms with Crippen LogP contribution in [0.5, 0.6) is 0 Å². The molecule has 0 aliphatic rings. The molecule has 0 aromatic heterocycles. The largest absolute Gasteiger partial charge is 0.462 e. The Morgan fingerprint density at radius 2 is 0.494 bits per heavy atom. The molecule has 0 amide bonds. The van der Waals surface area contributed by atoms with E-state index >= 15 is 0 Å². The van der Waals surface area contributed by atoms with Crippen molar-refractivity contribution in [2.24, 2.45) is 0 Å². The average molecular weight is 1100 g/mol. The molecule has 1 unspecified atom stereocenters. The van der Waals surface area contributed by atoms with E-state index in [4.69, 9.17) is 14.2 Å². The molecule has 0 saturated carbocycles. The van der Waals surface area contributed by atoms with Crippen molar-refractivity contribution in [2.45, 2.75) is 348 Å². The van der Waals surface area contributed by atoms with E-state index in [1.807, 2.05) is 0 Å². The number of ether oxygens (including phenoxy) is 3. The molecule has 0 rings (SSSR count). The van der Waals surface area contributed by atoms with Gasteiger partial charge in [-0.15, -0.1) is 0 Å². The van der Waals surface area contributed by atoms with Crippen molar-refractivity contribution < 1.29 is 28.6 Å². The smallest absolute Gasteiger partial charge is 0.306 e. The maximum absolute atomic E-state index is 12.9. The number of unbranched alkanes of at least 4 members (excludes halogenated alkanes) is 37. The molecule has 0 saturated heterocycles. The first-order valence-electron chi connectivity index (χ1n) is 34.1. The Morgan fingerprint density at radius 3 is 0.772 bits per heavy atom. The maximum Gasteiger partial charge on any atom is 0.306 e. The summed E-state index contributed by atoms with van der Waals surface area (Å²) in [6.45, 7) is 6.53. The van der Waals surface area contributed by atoms with Crippen LogP contribution in [0, 0.1) is 0 Å². The maximum atomic E-state index is 12.9. The molecule has 0 heterocycles. The van der Waals surface area contributed by atoms with Gasteiger partial charge < -0.3 is 14.2 Å². The van der Waals surface area contributed by atoms with Crippen LogP contribution in [0.1, 0.15) is 342 Å². The zero-order valence-electron chi connectivity index (χ0n) is 52.4. The topological polar surface area (TPSA) is 78.9 Å². The van der Waals surface area contributed by atoms with Crippen LogP contribution >= 0.6 is 0 Å². The van der Waals surface area contributed by atoms with E-state index in [1.54, 1.807) is 0 Å². The van der Waals surface area contributed by atoms with Crippen LogP contribution < -0.4 is 0 Å². The summed E-state index contributed by atoms with van der Waals surface area (Å²) in [7, 11) is 0. The Bertz CT molecular complexity index is 1500. The summed E-state index contributed by atoms with van der Waals surface area (Å²) in [5.74, 6) is -0.891. The van der Waals surface area contributed by atoms with Gasteiger partial charge in [-0.3, -0.25) is 14.4 Å². The van der Waals surface area contributed by atoms with Gasteiger partial charge in [0.1, 0.15) is 13.2 Å². The summed E-state index contributed by atoms with van der Waals surface area (Å²) in [6.07, 6.45) is 88.9. The first kappa shape index (κ1) is 75.6. The summed E-state index contributed by atoms with van der Waals surface area (Å²) in [5.41, 5.74) is 0. The van der Waals surface area contributed by atoms with Crippen LogP contribution in [0.4, 0.5) is 0 Å². The highest BCUT2D eigenvalue weighted by Gasteiger charge is 2.19. The third kappa shape index (κ3) is 65.3. The average Bonchev–Trinajstić information content (AvgIpc) is 3.45. The van der Waals surface area contributed by atoms with Crippen molar-refractivity contribution in [1.82, 2.24) is 0 Å². The molecule has 0 aliphatic carbocycles. The lowest BCUT2D eigenvalue weighted by Gasteiger charge is -2.18. The lowest BCUT2D eigenvalue weighted by Crippen LogP contribution is -2.30. The van der Waals surface area contributed by atoms with Crippen molar-refractivity contribution in [3.63, 3.8) is 0 Å². The zero-order chi connectivity index (χ0) is 57.1. The van der Waals surface area contributed by atoms with Crippen LogP contribution in [0.15, 0.2) is 85.1 Å². The Morgan fingerprint density at radius 1 is 0.266 bits per heavy atom. The van der Waals surface area contributed by atoms with Crippen molar-refractivity contribution in [3.8, 4) is 0 Å². The van der Waals surface area contributed by atoms with Gasteiger partial charge in [0, 0.05) is 19.3 Å². The van der Waals surface area contributed by atoms with Crippen molar-refractivity contribution in [2.75, 3.05) is 13.2 Å². The Labute approximate surface area is 490 Å². The molecule has 0 bridgehead atoms. The molecular weight excluding hydrogens is 973 g/mol. The minimum atomic E-state index is -0.788. The highest BCUT2D eigenvalue weighted by Crippen LogP contribution is 2.17. The molecule has 6 nitrogen and oxygen atoms in total.